The first-order valence-electron chi connectivity index (χ1n) is 12.8. The molecule has 0 aromatic heterocycles. The molecule has 1 atom stereocenters. The lowest BCUT2D eigenvalue weighted by atomic mass is 10.0. The van der Waals surface area contributed by atoms with Gasteiger partial charge in [0, 0.05) is 32.5 Å². The highest BCUT2D eigenvalue weighted by Crippen LogP contribution is 2.30. The van der Waals surface area contributed by atoms with Gasteiger partial charge >= 0.3 is 0 Å². The Morgan fingerprint density at radius 2 is 1.65 bits per heavy atom. The predicted octanol–water partition coefficient (Wildman–Crippen LogP) is 4.69. The topological polar surface area (TPSA) is 104 Å². The van der Waals surface area contributed by atoms with Gasteiger partial charge < -0.3 is 10.2 Å². The van der Waals surface area contributed by atoms with Gasteiger partial charge in [-0.05, 0) is 48.7 Å². The summed E-state index contributed by atoms with van der Waals surface area (Å²) in [7, 11) is -3.98. The quantitative estimate of drug-likeness (QED) is 0.343. The lowest BCUT2D eigenvalue weighted by Gasteiger charge is -2.32. The summed E-state index contributed by atoms with van der Waals surface area (Å²) in [6, 6.07) is 19.6. The van der Waals surface area contributed by atoms with E-state index >= 15 is 0 Å². The molecule has 1 N–H and O–H groups in total. The van der Waals surface area contributed by atoms with Crippen LogP contribution in [0, 0.1) is 0 Å². The summed E-state index contributed by atoms with van der Waals surface area (Å²) in [5, 5.41) is 3.51. The van der Waals surface area contributed by atoms with E-state index in [-0.39, 0.29) is 54.6 Å². The summed E-state index contributed by atoms with van der Waals surface area (Å²) in [5.74, 6) is -1.28. The van der Waals surface area contributed by atoms with Gasteiger partial charge in [-0.25, -0.2) is 12.7 Å². The minimum absolute atomic E-state index is 0.0354. The zero-order valence-corrected chi connectivity index (χ0v) is 24.2. The number of nitrogens with zero attached hydrogens (tertiary/aromatic N) is 2. The molecule has 0 bridgehead atoms. The van der Waals surface area contributed by atoms with Gasteiger partial charge in [-0.2, -0.15) is 0 Å². The smallest absolute Gasteiger partial charge is 0.269 e. The van der Waals surface area contributed by atoms with Crippen LogP contribution >= 0.6 is 23.2 Å². The Balaban J connectivity index is 1.57. The van der Waals surface area contributed by atoms with Crippen LogP contribution in [-0.4, -0.2) is 54.5 Å². The van der Waals surface area contributed by atoms with Crippen LogP contribution in [0.3, 0.4) is 0 Å². The molecule has 210 valence electrons. The molecule has 1 aliphatic rings. The van der Waals surface area contributed by atoms with Crippen LogP contribution in [0.15, 0.2) is 77.7 Å². The third kappa shape index (κ3) is 6.49. The van der Waals surface area contributed by atoms with Crippen LogP contribution in [0.4, 0.5) is 0 Å². The molecule has 3 amide bonds. The molecule has 0 unspecified atom stereocenters. The van der Waals surface area contributed by atoms with Crippen LogP contribution in [0.2, 0.25) is 10.0 Å². The van der Waals surface area contributed by atoms with Crippen molar-refractivity contribution in [3.63, 3.8) is 0 Å². The zero-order valence-electron chi connectivity index (χ0n) is 21.8. The van der Waals surface area contributed by atoms with Gasteiger partial charge in [0.2, 0.25) is 11.8 Å². The first kappa shape index (κ1) is 29.6. The molecule has 8 nitrogen and oxygen atoms in total. The maximum atomic E-state index is 13.7. The second kappa shape index (κ2) is 12.8. The normalized spacial score (nSPS) is 14.5. The first-order valence-corrected chi connectivity index (χ1v) is 15.0. The average Bonchev–Trinajstić information content (AvgIpc) is 3.13. The summed E-state index contributed by atoms with van der Waals surface area (Å²) >= 11 is 12.3. The van der Waals surface area contributed by atoms with Gasteiger partial charge in [0.05, 0.1) is 15.6 Å². The van der Waals surface area contributed by atoms with E-state index in [1.54, 1.807) is 37.3 Å². The summed E-state index contributed by atoms with van der Waals surface area (Å²) < 4.78 is 26.6. The van der Waals surface area contributed by atoms with Crippen molar-refractivity contribution in [1.29, 1.82) is 0 Å². The Morgan fingerprint density at radius 1 is 0.950 bits per heavy atom. The van der Waals surface area contributed by atoms with Gasteiger partial charge in [0.15, 0.2) is 0 Å². The standard InChI is InChI=1S/C29H29Cl2N3O5S/c1-2-32-28(36)25(18-20-9-4-3-5-10-20)33(19-21-14-15-23(30)24(31)17-21)27(35)13-8-16-34-29(37)22-11-6-7-12-26(22)40(34,38)39/h3-7,9-12,14-15,17,25H,2,8,13,16,18-19H2,1H3,(H,32,36)/t25-/m0/s1. The van der Waals surface area contributed by atoms with E-state index in [9.17, 15) is 22.8 Å². The number of benzene rings is 3. The van der Waals surface area contributed by atoms with Crippen molar-refractivity contribution in [3.8, 4) is 0 Å². The van der Waals surface area contributed by atoms with E-state index in [1.807, 2.05) is 30.3 Å². The monoisotopic (exact) mass is 601 g/mol. The van der Waals surface area contributed by atoms with Gasteiger partial charge in [-0.15, -0.1) is 0 Å². The molecule has 4 rings (SSSR count). The number of rotatable bonds is 11. The van der Waals surface area contributed by atoms with Gasteiger partial charge in [0.1, 0.15) is 10.9 Å². The van der Waals surface area contributed by atoms with Crippen molar-refractivity contribution in [2.75, 3.05) is 13.1 Å². The number of carbonyl (C=O) groups is 3. The SMILES string of the molecule is CCNC(=O)[C@H](Cc1ccccc1)N(Cc1ccc(Cl)c(Cl)c1)C(=O)CCCN1C(=O)c2ccccc2S1(=O)=O. The van der Waals surface area contributed by atoms with Crippen molar-refractivity contribution < 1.29 is 22.8 Å². The molecule has 0 saturated carbocycles. The van der Waals surface area contributed by atoms with Gasteiger partial charge in [-0.3, -0.25) is 14.4 Å². The number of sulfonamides is 1. The zero-order chi connectivity index (χ0) is 28.9. The highest BCUT2D eigenvalue weighted by Gasteiger charge is 2.40. The Bertz CT molecular complexity index is 1520. The number of nitrogens with one attached hydrogen (secondary N) is 1. The number of likely N-dealkylation sites (N-methyl/N-ethyl adjacent to an activating group) is 1. The highest BCUT2D eigenvalue weighted by atomic mass is 35.5. The largest absolute Gasteiger partial charge is 0.355 e. The number of fused-ring (bicyclic) bond motifs is 1. The van der Waals surface area contributed by atoms with Crippen LogP contribution in [-0.2, 0) is 32.6 Å². The molecule has 11 heteroatoms. The van der Waals surface area contributed by atoms with Crippen molar-refractivity contribution in [2.45, 2.75) is 43.7 Å². The Labute approximate surface area is 243 Å². The molecule has 3 aromatic rings. The van der Waals surface area contributed by atoms with E-state index in [0.717, 1.165) is 9.87 Å². The number of halogens is 2. The van der Waals surface area contributed by atoms with Crippen LogP contribution < -0.4 is 5.32 Å². The van der Waals surface area contributed by atoms with E-state index in [1.165, 1.54) is 17.0 Å². The second-order valence-electron chi connectivity index (χ2n) is 9.35. The van der Waals surface area contributed by atoms with Crippen LogP contribution in [0.1, 0.15) is 41.3 Å². The number of hydrogen-bond donors (Lipinski definition) is 1. The minimum Gasteiger partial charge on any atom is -0.355 e. The third-order valence-electron chi connectivity index (χ3n) is 6.62. The number of carbonyl (C=O) groups excluding carboxylic acids is 3. The third-order valence-corrected chi connectivity index (χ3v) is 9.20. The maximum absolute atomic E-state index is 13.7. The van der Waals surface area contributed by atoms with Crippen molar-refractivity contribution in [3.05, 3.63) is 99.5 Å². The van der Waals surface area contributed by atoms with E-state index in [2.05, 4.69) is 5.32 Å². The minimum atomic E-state index is -3.98. The molecule has 1 aliphatic heterocycles. The molecular weight excluding hydrogens is 573 g/mol. The fraction of sp³-hybridized carbons (Fsp3) is 0.276. The fourth-order valence-corrected chi connectivity index (χ4v) is 6.58. The maximum Gasteiger partial charge on any atom is 0.269 e. The Hall–Kier alpha value is -3.40. The highest BCUT2D eigenvalue weighted by molar-refractivity contribution is 7.90. The Kier molecular flexibility index (Phi) is 9.50. The molecule has 3 aromatic carbocycles. The van der Waals surface area contributed by atoms with Crippen LogP contribution in [0.25, 0.3) is 0 Å². The summed E-state index contributed by atoms with van der Waals surface area (Å²) in [6.45, 7) is 2.10. The summed E-state index contributed by atoms with van der Waals surface area (Å²) in [5.41, 5.74) is 1.67. The molecule has 0 spiro atoms. The average molecular weight is 603 g/mol. The summed E-state index contributed by atoms with van der Waals surface area (Å²) in [4.78, 5) is 41.2. The molecule has 1 heterocycles. The second-order valence-corrected chi connectivity index (χ2v) is 12.0. The predicted molar refractivity (Wildman–Crippen MR) is 154 cm³/mol. The molecule has 0 saturated heterocycles. The van der Waals surface area contributed by atoms with Crippen LogP contribution in [0.5, 0.6) is 0 Å². The molecular formula is C29H29Cl2N3O5S. The molecule has 0 aliphatic carbocycles. The molecule has 0 fully saturated rings. The van der Waals surface area contributed by atoms with Crippen molar-refractivity contribution in [1.82, 2.24) is 14.5 Å². The van der Waals surface area contributed by atoms with Gasteiger partial charge in [0.25, 0.3) is 15.9 Å². The van der Waals surface area contributed by atoms with E-state index in [4.69, 9.17) is 23.2 Å². The fourth-order valence-electron chi connectivity index (χ4n) is 4.65. The van der Waals surface area contributed by atoms with E-state index < -0.39 is 22.0 Å². The van der Waals surface area contributed by atoms with Crippen molar-refractivity contribution >= 4 is 50.9 Å². The van der Waals surface area contributed by atoms with Crippen molar-refractivity contribution in [2.24, 2.45) is 0 Å². The summed E-state index contributed by atoms with van der Waals surface area (Å²) in [6.07, 6.45) is 0.277. The first-order chi connectivity index (χ1) is 19.1. The Morgan fingerprint density at radius 3 is 2.33 bits per heavy atom. The number of hydrogen-bond acceptors (Lipinski definition) is 5. The van der Waals surface area contributed by atoms with E-state index in [0.29, 0.717) is 22.2 Å². The molecule has 40 heavy (non-hydrogen) atoms. The lowest BCUT2D eigenvalue weighted by Crippen LogP contribution is -2.50. The lowest BCUT2D eigenvalue weighted by molar-refractivity contribution is -0.141. The molecule has 0 radical (unpaired) electrons. The number of amides is 3. The van der Waals surface area contributed by atoms with Gasteiger partial charge in [-0.1, -0.05) is 71.7 Å².